The number of ether oxygens (including phenoxy) is 1. The van der Waals surface area contributed by atoms with Crippen LogP contribution in [0.3, 0.4) is 0 Å². The summed E-state index contributed by atoms with van der Waals surface area (Å²) in [6.07, 6.45) is 1.35. The molecule has 1 saturated heterocycles. The quantitative estimate of drug-likeness (QED) is 0.647. The fourth-order valence-electron chi connectivity index (χ4n) is 2.70. The van der Waals surface area contributed by atoms with Gasteiger partial charge >= 0.3 is 0 Å². The molecule has 0 bridgehead atoms. The molecule has 0 saturated carbocycles. The molecule has 1 aliphatic rings. The molecule has 0 radical (unpaired) electrons. The van der Waals surface area contributed by atoms with Gasteiger partial charge in [-0.15, -0.1) is 0 Å². The number of anilines is 1. The molecule has 1 aromatic rings. The lowest BCUT2D eigenvalue weighted by atomic mass is 9.94. The number of nitrogens with two attached hydrogens (primary N) is 1. The van der Waals surface area contributed by atoms with Gasteiger partial charge in [0.2, 0.25) is 0 Å². The summed E-state index contributed by atoms with van der Waals surface area (Å²) in [4.78, 5) is 2.28. The van der Waals surface area contributed by atoms with Crippen LogP contribution >= 0.6 is 0 Å². The molecule has 1 heterocycles. The number of rotatable bonds is 3. The minimum absolute atomic E-state index is 0.131. The van der Waals surface area contributed by atoms with Crippen LogP contribution < -0.4 is 10.6 Å². The van der Waals surface area contributed by atoms with Crippen LogP contribution in [-0.4, -0.2) is 32.1 Å². The summed E-state index contributed by atoms with van der Waals surface area (Å²) in [7, 11) is 1.77. The van der Waals surface area contributed by atoms with E-state index in [0.29, 0.717) is 5.92 Å². The zero-order chi connectivity index (χ0) is 14.0. The zero-order valence-electron chi connectivity index (χ0n) is 11.9. The van der Waals surface area contributed by atoms with Crippen LogP contribution in [0, 0.1) is 18.3 Å². The van der Waals surface area contributed by atoms with Gasteiger partial charge < -0.3 is 15.4 Å². The average Bonchev–Trinajstić information content (AvgIpc) is 2.39. The summed E-state index contributed by atoms with van der Waals surface area (Å²) < 4.78 is 5.55. The van der Waals surface area contributed by atoms with Crippen molar-refractivity contribution in [3.8, 4) is 0 Å². The van der Waals surface area contributed by atoms with Crippen molar-refractivity contribution >= 4 is 11.5 Å². The molecule has 3 N–H and O–H groups in total. The van der Waals surface area contributed by atoms with Gasteiger partial charge in [-0.2, -0.15) is 0 Å². The fraction of sp³-hybridized carbons (Fsp3) is 0.533. The Morgan fingerprint density at radius 3 is 2.84 bits per heavy atom. The number of nitrogens with one attached hydrogen (secondary N) is 1. The highest BCUT2D eigenvalue weighted by Crippen LogP contribution is 2.28. The average molecular weight is 261 g/mol. The number of benzene rings is 1. The number of nitrogen functional groups attached to an aromatic ring is 1. The van der Waals surface area contributed by atoms with Gasteiger partial charge in [-0.1, -0.05) is 18.6 Å². The molecule has 1 aliphatic heterocycles. The normalized spacial score (nSPS) is 23.4. The molecule has 0 aliphatic carbocycles. The Bertz CT molecular complexity index is 472. The first-order chi connectivity index (χ1) is 9.02. The van der Waals surface area contributed by atoms with E-state index in [-0.39, 0.29) is 11.9 Å². The molecule has 0 spiro atoms. The molecule has 1 fully saturated rings. The van der Waals surface area contributed by atoms with Gasteiger partial charge in [0, 0.05) is 31.5 Å². The van der Waals surface area contributed by atoms with Gasteiger partial charge in [0.05, 0.1) is 6.10 Å². The number of nitrogens with zero attached hydrogens (tertiary/aromatic N) is 1. The van der Waals surface area contributed by atoms with Crippen LogP contribution in [0.5, 0.6) is 0 Å². The van der Waals surface area contributed by atoms with Gasteiger partial charge in [0.25, 0.3) is 0 Å². The standard InChI is InChI=1S/C15H23N3O/c1-10-4-5-13(12(8-10)15(16)17)18-7-6-11(2)14(9-18)19-3/h4-5,8,11,14H,6-7,9H2,1-3H3,(H3,16,17). The number of hydrogen-bond acceptors (Lipinski definition) is 3. The van der Waals surface area contributed by atoms with Gasteiger partial charge in [-0.3, -0.25) is 5.41 Å². The van der Waals surface area contributed by atoms with Gasteiger partial charge in [0.15, 0.2) is 0 Å². The first-order valence-electron chi connectivity index (χ1n) is 6.75. The molecule has 2 unspecified atom stereocenters. The molecule has 1 aromatic carbocycles. The summed E-state index contributed by atoms with van der Waals surface area (Å²) in [6.45, 7) is 6.10. The highest BCUT2D eigenvalue weighted by atomic mass is 16.5. The highest BCUT2D eigenvalue weighted by Gasteiger charge is 2.27. The van der Waals surface area contributed by atoms with Crippen LogP contribution in [0.4, 0.5) is 5.69 Å². The molecule has 2 atom stereocenters. The maximum atomic E-state index is 7.75. The Kier molecular flexibility index (Phi) is 4.10. The third kappa shape index (κ3) is 2.89. The third-order valence-corrected chi connectivity index (χ3v) is 3.98. The SMILES string of the molecule is COC1CN(c2ccc(C)cc2C(=N)N)CCC1C. The van der Waals surface area contributed by atoms with Crippen molar-refractivity contribution in [3.63, 3.8) is 0 Å². The van der Waals surface area contributed by atoms with E-state index in [4.69, 9.17) is 15.9 Å². The number of piperidine rings is 1. The van der Waals surface area contributed by atoms with E-state index >= 15 is 0 Å². The lowest BCUT2D eigenvalue weighted by molar-refractivity contribution is 0.0498. The van der Waals surface area contributed by atoms with Crippen molar-refractivity contribution in [1.29, 1.82) is 5.41 Å². The predicted molar refractivity (Wildman–Crippen MR) is 79.0 cm³/mol. The lowest BCUT2D eigenvalue weighted by Gasteiger charge is -2.38. The number of methoxy groups -OCH3 is 1. The van der Waals surface area contributed by atoms with Crippen LogP contribution in [0.1, 0.15) is 24.5 Å². The second kappa shape index (κ2) is 5.61. The first-order valence-corrected chi connectivity index (χ1v) is 6.75. The monoisotopic (exact) mass is 261 g/mol. The summed E-state index contributed by atoms with van der Waals surface area (Å²) in [5.41, 5.74) is 8.71. The second-order valence-electron chi connectivity index (χ2n) is 5.42. The number of amidine groups is 1. The minimum atomic E-state index is 0.131. The van der Waals surface area contributed by atoms with Crippen LogP contribution in [0.25, 0.3) is 0 Å². The molecule has 0 aromatic heterocycles. The molecule has 2 rings (SSSR count). The predicted octanol–water partition coefficient (Wildman–Crippen LogP) is 2.14. The first kappa shape index (κ1) is 13.9. The van der Waals surface area contributed by atoms with E-state index < -0.39 is 0 Å². The Labute approximate surface area is 115 Å². The summed E-state index contributed by atoms with van der Waals surface area (Å²) in [5, 5.41) is 7.75. The Morgan fingerprint density at radius 2 is 2.21 bits per heavy atom. The van der Waals surface area contributed by atoms with E-state index in [1.54, 1.807) is 7.11 Å². The smallest absolute Gasteiger partial charge is 0.124 e. The van der Waals surface area contributed by atoms with Crippen molar-refractivity contribution in [2.45, 2.75) is 26.4 Å². The minimum Gasteiger partial charge on any atom is -0.384 e. The van der Waals surface area contributed by atoms with E-state index in [2.05, 4.69) is 24.0 Å². The topological polar surface area (TPSA) is 62.3 Å². The second-order valence-corrected chi connectivity index (χ2v) is 5.42. The van der Waals surface area contributed by atoms with Crippen molar-refractivity contribution in [2.75, 3.05) is 25.1 Å². The third-order valence-electron chi connectivity index (χ3n) is 3.98. The molecule has 4 heteroatoms. The lowest BCUT2D eigenvalue weighted by Crippen LogP contribution is -2.44. The van der Waals surface area contributed by atoms with Crippen molar-refractivity contribution in [2.24, 2.45) is 11.7 Å². The Morgan fingerprint density at radius 1 is 1.47 bits per heavy atom. The van der Waals surface area contributed by atoms with Crippen LogP contribution in [-0.2, 0) is 4.74 Å². The highest BCUT2D eigenvalue weighted by molar-refractivity contribution is 6.00. The Balaban J connectivity index is 2.29. The molecule has 104 valence electrons. The van der Waals surface area contributed by atoms with Gasteiger partial charge in [-0.05, 0) is 31.4 Å². The largest absolute Gasteiger partial charge is 0.384 e. The molecule has 19 heavy (non-hydrogen) atoms. The molecular weight excluding hydrogens is 238 g/mol. The molecule has 4 nitrogen and oxygen atoms in total. The summed E-state index contributed by atoms with van der Waals surface area (Å²) >= 11 is 0. The summed E-state index contributed by atoms with van der Waals surface area (Å²) in [5.74, 6) is 0.707. The van der Waals surface area contributed by atoms with E-state index in [1.807, 2.05) is 13.0 Å². The van der Waals surface area contributed by atoms with Crippen molar-refractivity contribution in [1.82, 2.24) is 0 Å². The van der Waals surface area contributed by atoms with E-state index in [1.165, 1.54) is 0 Å². The molecule has 0 amide bonds. The van der Waals surface area contributed by atoms with Gasteiger partial charge in [-0.25, -0.2) is 0 Å². The van der Waals surface area contributed by atoms with E-state index in [0.717, 1.165) is 36.3 Å². The molecular formula is C15H23N3O. The van der Waals surface area contributed by atoms with E-state index in [9.17, 15) is 0 Å². The Hall–Kier alpha value is -1.55. The van der Waals surface area contributed by atoms with Gasteiger partial charge in [0.1, 0.15) is 5.84 Å². The van der Waals surface area contributed by atoms with Crippen molar-refractivity contribution in [3.05, 3.63) is 29.3 Å². The summed E-state index contributed by atoms with van der Waals surface area (Å²) in [6, 6.07) is 6.12. The van der Waals surface area contributed by atoms with Crippen LogP contribution in [0.15, 0.2) is 18.2 Å². The fourth-order valence-corrected chi connectivity index (χ4v) is 2.70. The zero-order valence-corrected chi connectivity index (χ0v) is 11.9. The maximum Gasteiger partial charge on any atom is 0.124 e. The number of hydrogen-bond donors (Lipinski definition) is 2. The number of aryl methyl sites for hydroxylation is 1. The van der Waals surface area contributed by atoms with Crippen LogP contribution in [0.2, 0.25) is 0 Å². The van der Waals surface area contributed by atoms with Crippen molar-refractivity contribution < 1.29 is 4.74 Å². The maximum absolute atomic E-state index is 7.75.